The molecule has 2 aromatic rings. The highest BCUT2D eigenvalue weighted by Gasteiger charge is 2.22. The summed E-state index contributed by atoms with van der Waals surface area (Å²) in [5.41, 5.74) is 3.73. The molecular formula is C19H28N6. The van der Waals surface area contributed by atoms with Gasteiger partial charge in [0.05, 0.1) is 11.9 Å². The van der Waals surface area contributed by atoms with Crippen LogP contribution in [0.15, 0.2) is 18.5 Å². The second kappa shape index (κ2) is 7.52. The minimum atomic E-state index is 0.702. The maximum atomic E-state index is 4.82. The van der Waals surface area contributed by atoms with Gasteiger partial charge in [-0.2, -0.15) is 5.10 Å². The second-order valence-electron chi connectivity index (χ2n) is 7.52. The van der Waals surface area contributed by atoms with Crippen LogP contribution < -0.4 is 4.90 Å². The van der Waals surface area contributed by atoms with Crippen molar-refractivity contribution in [3.05, 3.63) is 35.4 Å². The van der Waals surface area contributed by atoms with Crippen molar-refractivity contribution in [2.45, 2.75) is 45.6 Å². The number of aromatic nitrogens is 4. The van der Waals surface area contributed by atoms with E-state index in [1.165, 1.54) is 43.5 Å². The van der Waals surface area contributed by atoms with Crippen molar-refractivity contribution >= 4 is 5.95 Å². The molecule has 4 rings (SSSR count). The number of hydrogen-bond acceptors (Lipinski definition) is 5. The summed E-state index contributed by atoms with van der Waals surface area (Å²) in [5.74, 6) is 1.62. The van der Waals surface area contributed by atoms with E-state index in [2.05, 4.69) is 38.0 Å². The first-order chi connectivity index (χ1) is 12.3. The van der Waals surface area contributed by atoms with Crippen molar-refractivity contribution in [1.82, 2.24) is 25.1 Å². The van der Waals surface area contributed by atoms with Gasteiger partial charge >= 0.3 is 0 Å². The Morgan fingerprint density at radius 2 is 2.08 bits per heavy atom. The summed E-state index contributed by atoms with van der Waals surface area (Å²) >= 11 is 0. The number of likely N-dealkylation sites (tertiary alicyclic amines) is 1. The van der Waals surface area contributed by atoms with E-state index >= 15 is 0 Å². The zero-order valence-corrected chi connectivity index (χ0v) is 15.1. The summed E-state index contributed by atoms with van der Waals surface area (Å²) < 4.78 is 0. The number of rotatable bonds is 5. The molecule has 2 saturated heterocycles. The van der Waals surface area contributed by atoms with Gasteiger partial charge in [-0.15, -0.1) is 0 Å². The topological polar surface area (TPSA) is 60.9 Å². The lowest BCUT2D eigenvalue weighted by atomic mass is 9.92. The fraction of sp³-hybridized carbons (Fsp3) is 0.632. The minimum Gasteiger partial charge on any atom is -0.341 e. The molecule has 25 heavy (non-hydrogen) atoms. The number of hydrogen-bond donors (Lipinski definition) is 1. The largest absolute Gasteiger partial charge is 0.341 e. The fourth-order valence-electron chi connectivity index (χ4n) is 4.10. The molecule has 0 aliphatic carbocycles. The third kappa shape index (κ3) is 4.00. The fourth-order valence-corrected chi connectivity index (χ4v) is 4.10. The standard InChI is InChI=1S/C19H28N6/c1-15-12-21-23-18(15)11-16-5-4-8-24(13-16)14-17-6-7-20-19(22-17)25-9-2-3-10-25/h6-7,12,16H,2-5,8-11,13-14H2,1H3,(H,21,23)/t16-/m0/s1. The summed E-state index contributed by atoms with van der Waals surface area (Å²) in [6.45, 7) is 7.57. The highest BCUT2D eigenvalue weighted by Crippen LogP contribution is 2.23. The average molecular weight is 340 g/mol. The Balaban J connectivity index is 1.37. The Bertz CT molecular complexity index is 691. The van der Waals surface area contributed by atoms with E-state index < -0.39 is 0 Å². The number of anilines is 1. The number of aromatic amines is 1. The molecule has 0 aromatic carbocycles. The van der Waals surface area contributed by atoms with Crippen LogP contribution in [-0.4, -0.2) is 51.2 Å². The maximum absolute atomic E-state index is 4.82. The molecule has 2 fully saturated rings. The van der Waals surface area contributed by atoms with Crippen molar-refractivity contribution in [2.75, 3.05) is 31.1 Å². The van der Waals surface area contributed by atoms with Crippen molar-refractivity contribution in [2.24, 2.45) is 5.92 Å². The Morgan fingerprint density at radius 3 is 2.88 bits per heavy atom. The van der Waals surface area contributed by atoms with Crippen molar-refractivity contribution in [1.29, 1.82) is 0 Å². The van der Waals surface area contributed by atoms with E-state index in [-0.39, 0.29) is 0 Å². The van der Waals surface area contributed by atoms with Crippen LogP contribution in [0, 0.1) is 12.8 Å². The SMILES string of the molecule is Cc1cn[nH]c1C[C@@H]1CCCN(Cc2ccnc(N3CCCC3)n2)C1. The molecule has 2 aromatic heterocycles. The first kappa shape index (κ1) is 16.5. The second-order valence-corrected chi connectivity index (χ2v) is 7.52. The van der Waals surface area contributed by atoms with Crippen LogP contribution in [-0.2, 0) is 13.0 Å². The minimum absolute atomic E-state index is 0.702. The summed E-state index contributed by atoms with van der Waals surface area (Å²) in [5, 5.41) is 7.32. The first-order valence-corrected chi connectivity index (χ1v) is 9.56. The molecule has 0 bridgehead atoms. The molecule has 2 aliphatic rings. The Morgan fingerprint density at radius 1 is 1.20 bits per heavy atom. The van der Waals surface area contributed by atoms with Crippen LogP contribution in [0.2, 0.25) is 0 Å². The number of nitrogens with zero attached hydrogens (tertiary/aromatic N) is 5. The Labute approximate surface area is 149 Å². The average Bonchev–Trinajstić information content (AvgIpc) is 3.28. The maximum Gasteiger partial charge on any atom is 0.225 e. The lowest BCUT2D eigenvalue weighted by Gasteiger charge is -2.32. The predicted octanol–water partition coefficient (Wildman–Crippen LogP) is 2.56. The van der Waals surface area contributed by atoms with Gasteiger partial charge in [0.2, 0.25) is 5.95 Å². The lowest BCUT2D eigenvalue weighted by Crippen LogP contribution is -2.36. The molecule has 0 unspecified atom stereocenters. The quantitative estimate of drug-likeness (QED) is 0.906. The molecule has 6 heteroatoms. The van der Waals surface area contributed by atoms with E-state index in [0.29, 0.717) is 5.92 Å². The molecule has 1 N–H and O–H groups in total. The van der Waals surface area contributed by atoms with Gasteiger partial charge in [-0.05, 0) is 63.1 Å². The third-order valence-electron chi connectivity index (χ3n) is 5.50. The van der Waals surface area contributed by atoms with Crippen molar-refractivity contribution in [3.63, 3.8) is 0 Å². The molecule has 134 valence electrons. The number of nitrogens with one attached hydrogen (secondary N) is 1. The van der Waals surface area contributed by atoms with Crippen LogP contribution in [0.25, 0.3) is 0 Å². The van der Waals surface area contributed by atoms with Gasteiger partial charge < -0.3 is 4.90 Å². The van der Waals surface area contributed by atoms with Crippen molar-refractivity contribution < 1.29 is 0 Å². The Kier molecular flexibility index (Phi) is 4.97. The zero-order chi connectivity index (χ0) is 17.1. The summed E-state index contributed by atoms with van der Waals surface area (Å²) in [6.07, 6.45) is 10.0. The lowest BCUT2D eigenvalue weighted by molar-refractivity contribution is 0.164. The molecule has 0 spiro atoms. The van der Waals surface area contributed by atoms with Crippen LogP contribution >= 0.6 is 0 Å². The summed E-state index contributed by atoms with van der Waals surface area (Å²) in [4.78, 5) is 14.2. The van der Waals surface area contributed by atoms with E-state index in [4.69, 9.17) is 4.98 Å². The zero-order valence-electron chi connectivity index (χ0n) is 15.1. The van der Waals surface area contributed by atoms with Gasteiger partial charge in [0.15, 0.2) is 0 Å². The molecule has 2 aliphatic heterocycles. The van der Waals surface area contributed by atoms with Crippen molar-refractivity contribution in [3.8, 4) is 0 Å². The summed E-state index contributed by atoms with van der Waals surface area (Å²) in [6, 6.07) is 2.07. The highest BCUT2D eigenvalue weighted by molar-refractivity contribution is 5.31. The van der Waals surface area contributed by atoms with Gasteiger partial charge in [0.25, 0.3) is 0 Å². The monoisotopic (exact) mass is 340 g/mol. The number of piperidine rings is 1. The van der Waals surface area contributed by atoms with Gasteiger partial charge in [-0.1, -0.05) is 0 Å². The van der Waals surface area contributed by atoms with Crippen LogP contribution in [0.5, 0.6) is 0 Å². The Hall–Kier alpha value is -1.95. The van der Waals surface area contributed by atoms with E-state index in [9.17, 15) is 0 Å². The highest BCUT2D eigenvalue weighted by atomic mass is 15.3. The van der Waals surface area contributed by atoms with Gasteiger partial charge in [0.1, 0.15) is 0 Å². The number of H-pyrrole nitrogens is 1. The normalized spacial score (nSPS) is 21.8. The molecule has 0 radical (unpaired) electrons. The predicted molar refractivity (Wildman–Crippen MR) is 98.5 cm³/mol. The van der Waals surface area contributed by atoms with Gasteiger partial charge in [-0.25, -0.2) is 9.97 Å². The van der Waals surface area contributed by atoms with E-state index in [0.717, 1.165) is 44.2 Å². The summed E-state index contributed by atoms with van der Waals surface area (Å²) in [7, 11) is 0. The smallest absolute Gasteiger partial charge is 0.225 e. The van der Waals surface area contributed by atoms with E-state index in [1.807, 2.05) is 12.4 Å². The van der Waals surface area contributed by atoms with Gasteiger partial charge in [-0.3, -0.25) is 10.00 Å². The first-order valence-electron chi connectivity index (χ1n) is 9.56. The third-order valence-corrected chi connectivity index (χ3v) is 5.50. The van der Waals surface area contributed by atoms with Gasteiger partial charge in [0, 0.05) is 38.1 Å². The molecule has 4 heterocycles. The molecule has 0 amide bonds. The molecule has 6 nitrogen and oxygen atoms in total. The molecular weight excluding hydrogens is 312 g/mol. The van der Waals surface area contributed by atoms with Crippen LogP contribution in [0.3, 0.4) is 0 Å². The van der Waals surface area contributed by atoms with Crippen LogP contribution in [0.4, 0.5) is 5.95 Å². The van der Waals surface area contributed by atoms with E-state index in [1.54, 1.807) is 0 Å². The molecule has 0 saturated carbocycles. The van der Waals surface area contributed by atoms with Crippen LogP contribution in [0.1, 0.15) is 42.6 Å². The molecule has 1 atom stereocenters. The number of aryl methyl sites for hydroxylation is 1.